The second-order valence-electron chi connectivity index (χ2n) is 11.4. The van der Waals surface area contributed by atoms with Crippen LogP contribution in [0.3, 0.4) is 0 Å². The van der Waals surface area contributed by atoms with Crippen molar-refractivity contribution >= 4 is 25.5 Å². The molecule has 3 unspecified atom stereocenters. The van der Waals surface area contributed by atoms with E-state index in [1.807, 2.05) is 56.3 Å². The number of hydrogen-bond donors (Lipinski definition) is 3. The lowest BCUT2D eigenvalue weighted by Gasteiger charge is -2.33. The Bertz CT molecular complexity index is 1090. The average molecular weight is 624 g/mol. The van der Waals surface area contributed by atoms with E-state index in [4.69, 9.17) is 13.8 Å². The fourth-order valence-corrected chi connectivity index (χ4v) is 6.79. The molecule has 0 spiro atoms. The van der Waals surface area contributed by atoms with Gasteiger partial charge in [-0.15, -0.1) is 0 Å². The number of nitrogens with zero attached hydrogens (tertiary/aromatic N) is 1. The highest BCUT2D eigenvalue weighted by atomic mass is 31.2. The smallest absolute Gasteiger partial charge is 0.408 e. The van der Waals surface area contributed by atoms with Crippen molar-refractivity contribution in [1.29, 1.82) is 0 Å². The maximum absolute atomic E-state index is 13.7. The first-order chi connectivity index (χ1) is 20.4. The molecule has 1 aromatic rings. The number of alkyl carbamates (subject to hydrolysis) is 1. The number of ether oxygens (including phenoxy) is 1. The minimum Gasteiger partial charge on any atom is -0.446 e. The van der Waals surface area contributed by atoms with Crippen molar-refractivity contribution in [2.24, 2.45) is 11.8 Å². The van der Waals surface area contributed by atoms with E-state index in [1.54, 1.807) is 27.9 Å². The molecule has 2 rings (SSSR count). The summed E-state index contributed by atoms with van der Waals surface area (Å²) < 4.78 is 30.2. The quantitative estimate of drug-likeness (QED) is 0.239. The predicted octanol–water partition coefficient (Wildman–Crippen LogP) is 4.64. The molecule has 242 valence electrons. The van der Waals surface area contributed by atoms with Gasteiger partial charge < -0.3 is 34.4 Å². The van der Waals surface area contributed by atoms with Gasteiger partial charge in [-0.2, -0.15) is 0 Å². The van der Waals surface area contributed by atoms with Gasteiger partial charge in [0.25, 0.3) is 0 Å². The molecule has 0 radical (unpaired) electrons. The summed E-state index contributed by atoms with van der Waals surface area (Å²) in [7, 11) is -0.830. The number of carbonyl (C=O) groups is 3. The fourth-order valence-electron chi connectivity index (χ4n) is 5.05. The largest absolute Gasteiger partial charge is 0.446 e. The molecule has 1 aliphatic rings. The van der Waals surface area contributed by atoms with Gasteiger partial charge >= 0.3 is 13.7 Å². The number of cyclic esters (lactones) is 1. The Hall–Kier alpha value is -2.72. The number of amides is 3. The Labute approximate surface area is 256 Å². The number of hydrogen-bond acceptors (Lipinski definition) is 8. The number of rotatable bonds is 11. The summed E-state index contributed by atoms with van der Waals surface area (Å²) in [6.45, 7) is 7.08. The maximum Gasteiger partial charge on any atom is 0.408 e. The van der Waals surface area contributed by atoms with Gasteiger partial charge in [0.15, 0.2) is 5.85 Å². The van der Waals surface area contributed by atoms with Gasteiger partial charge in [-0.1, -0.05) is 56.3 Å². The highest BCUT2D eigenvalue weighted by Gasteiger charge is 2.43. The van der Waals surface area contributed by atoms with Crippen molar-refractivity contribution < 1.29 is 37.8 Å². The summed E-state index contributed by atoms with van der Waals surface area (Å²) in [5.74, 6) is -3.19. The summed E-state index contributed by atoms with van der Waals surface area (Å²) in [5, 5.41) is 16.9. The van der Waals surface area contributed by atoms with E-state index < -0.39 is 49.5 Å². The molecule has 0 saturated heterocycles. The van der Waals surface area contributed by atoms with Gasteiger partial charge in [0.2, 0.25) is 11.8 Å². The fraction of sp³-hybridized carbons (Fsp3) is 0.645. The molecule has 0 saturated carbocycles. The topological polar surface area (TPSA) is 144 Å². The van der Waals surface area contributed by atoms with Crippen LogP contribution in [0.4, 0.5) is 4.79 Å². The third-order valence-electron chi connectivity index (χ3n) is 7.10. The Morgan fingerprint density at radius 3 is 2.33 bits per heavy atom. The van der Waals surface area contributed by atoms with E-state index in [-0.39, 0.29) is 37.9 Å². The van der Waals surface area contributed by atoms with Crippen LogP contribution in [0.1, 0.15) is 65.4 Å². The number of allylic oxidation sites excluding steroid dienone is 2. The van der Waals surface area contributed by atoms with Crippen LogP contribution in [0.5, 0.6) is 0 Å². The molecule has 0 aliphatic carbocycles. The summed E-state index contributed by atoms with van der Waals surface area (Å²) in [5.41, 5.74) is 1.01. The van der Waals surface area contributed by atoms with E-state index in [1.165, 1.54) is 4.90 Å². The van der Waals surface area contributed by atoms with Gasteiger partial charge in [0.1, 0.15) is 12.1 Å². The van der Waals surface area contributed by atoms with Crippen molar-refractivity contribution in [3.05, 3.63) is 48.0 Å². The molecule has 0 bridgehead atoms. The average Bonchev–Trinajstić information content (AvgIpc) is 2.94. The van der Waals surface area contributed by atoms with Gasteiger partial charge in [-0.05, 0) is 57.4 Å². The number of nitrogens with one attached hydrogen (secondary N) is 2. The minimum absolute atomic E-state index is 0.00528. The van der Waals surface area contributed by atoms with Crippen LogP contribution in [0, 0.1) is 11.8 Å². The molecule has 12 heteroatoms. The van der Waals surface area contributed by atoms with E-state index in [0.29, 0.717) is 25.7 Å². The molecule has 11 nitrogen and oxygen atoms in total. The van der Waals surface area contributed by atoms with Crippen molar-refractivity contribution in [2.45, 2.75) is 90.3 Å². The first-order valence-electron chi connectivity index (χ1n) is 15.1. The molecule has 0 aromatic heterocycles. The van der Waals surface area contributed by atoms with Crippen LogP contribution in [-0.4, -0.2) is 79.3 Å². The lowest BCUT2D eigenvalue weighted by atomic mass is 9.94. The zero-order valence-electron chi connectivity index (χ0n) is 26.4. The Morgan fingerprint density at radius 2 is 1.74 bits per heavy atom. The predicted molar refractivity (Wildman–Crippen MR) is 165 cm³/mol. The molecule has 3 N–H and O–H groups in total. The maximum atomic E-state index is 13.7. The minimum atomic E-state index is -4.10. The number of aliphatic hydroxyl groups excluding tert-OH is 1. The zero-order valence-corrected chi connectivity index (χ0v) is 27.3. The van der Waals surface area contributed by atoms with Crippen LogP contribution in [0.25, 0.3) is 0 Å². The SMILES string of the molecule is CCOP(=O)(OCC)C(O)[C@@H]1CC(C(=O)N(C)C)C/C=C\CCC(Cc2ccccc2)OC(=O)N[C@@H](CC(C)C)C(=O)N1. The zero-order chi connectivity index (χ0) is 32.0. The Kier molecular flexibility index (Phi) is 15.4. The summed E-state index contributed by atoms with van der Waals surface area (Å²) in [4.78, 5) is 41.5. The van der Waals surface area contributed by atoms with E-state index in [2.05, 4.69) is 10.6 Å². The lowest BCUT2D eigenvalue weighted by Crippen LogP contribution is -2.54. The van der Waals surface area contributed by atoms with Gasteiger partial charge in [-0.3, -0.25) is 14.2 Å². The Balaban J connectivity index is 2.49. The van der Waals surface area contributed by atoms with E-state index in [9.17, 15) is 24.1 Å². The lowest BCUT2D eigenvalue weighted by molar-refractivity contribution is -0.134. The van der Waals surface area contributed by atoms with Crippen LogP contribution in [0.2, 0.25) is 0 Å². The normalized spacial score (nSPS) is 24.1. The van der Waals surface area contributed by atoms with Crippen molar-refractivity contribution in [1.82, 2.24) is 15.5 Å². The monoisotopic (exact) mass is 623 g/mol. The first kappa shape index (κ1) is 36.5. The van der Waals surface area contributed by atoms with Crippen molar-refractivity contribution in [3.63, 3.8) is 0 Å². The van der Waals surface area contributed by atoms with Gasteiger partial charge in [0, 0.05) is 26.4 Å². The number of aliphatic hydroxyl groups is 1. The van der Waals surface area contributed by atoms with Gasteiger partial charge in [0.05, 0.1) is 19.3 Å². The molecule has 0 fully saturated rings. The van der Waals surface area contributed by atoms with Crippen LogP contribution >= 0.6 is 7.60 Å². The third kappa shape index (κ3) is 12.1. The van der Waals surface area contributed by atoms with Crippen LogP contribution < -0.4 is 10.6 Å². The molecule has 43 heavy (non-hydrogen) atoms. The highest BCUT2D eigenvalue weighted by Crippen LogP contribution is 2.53. The van der Waals surface area contributed by atoms with Crippen molar-refractivity contribution in [2.75, 3.05) is 27.3 Å². The number of benzene rings is 1. The van der Waals surface area contributed by atoms with Gasteiger partial charge in [-0.25, -0.2) is 4.79 Å². The molecular weight excluding hydrogens is 573 g/mol. The second-order valence-corrected chi connectivity index (χ2v) is 13.5. The molecular formula is C31H50N3O8P. The van der Waals surface area contributed by atoms with E-state index >= 15 is 0 Å². The second kappa shape index (κ2) is 18.2. The molecule has 1 aliphatic heterocycles. The van der Waals surface area contributed by atoms with Crippen LogP contribution in [-0.2, 0) is 34.4 Å². The van der Waals surface area contributed by atoms with Crippen LogP contribution in [0.15, 0.2) is 42.5 Å². The standard InChI is InChI=1S/C31H50N3O8P/c1-7-40-43(39,41-8-2)30(37)27-21-24(29(36)34(5)6)17-13-10-14-18-25(20-23-15-11-9-12-16-23)42-31(38)33-26(19-22(3)4)28(35)32-27/h9-13,15-16,22,24-27,30,37H,7-8,14,17-21H2,1-6H3,(H,32,35)(H,33,38)/b13-10-/t24?,25?,26-,27-,30?/m0/s1. The first-order valence-corrected chi connectivity index (χ1v) is 16.8. The highest BCUT2D eigenvalue weighted by molar-refractivity contribution is 7.54. The molecule has 1 aromatic carbocycles. The van der Waals surface area contributed by atoms with E-state index in [0.717, 1.165) is 5.56 Å². The molecule has 1 heterocycles. The summed E-state index contributed by atoms with van der Waals surface area (Å²) in [6, 6.07) is 7.51. The molecule has 5 atom stereocenters. The summed E-state index contributed by atoms with van der Waals surface area (Å²) in [6.07, 6.45) is 4.84. The van der Waals surface area contributed by atoms with Crippen molar-refractivity contribution in [3.8, 4) is 0 Å². The summed E-state index contributed by atoms with van der Waals surface area (Å²) >= 11 is 0. The third-order valence-corrected chi connectivity index (χ3v) is 9.34. The Morgan fingerprint density at radius 1 is 1.09 bits per heavy atom. The number of carbonyl (C=O) groups excluding carboxylic acids is 3. The molecule has 3 amide bonds.